The first-order valence-electron chi connectivity index (χ1n) is 7.27. The van der Waals surface area contributed by atoms with Gasteiger partial charge in [-0.3, -0.25) is 4.79 Å². The molecule has 20 heavy (non-hydrogen) atoms. The molecule has 1 N–H and O–H groups in total. The molecule has 1 heterocycles. The van der Waals surface area contributed by atoms with E-state index in [0.29, 0.717) is 6.04 Å². The number of amides is 1. The number of rotatable bonds is 3. The number of anilines is 1. The second-order valence-corrected chi connectivity index (χ2v) is 5.75. The predicted molar refractivity (Wildman–Crippen MR) is 83.3 cm³/mol. The lowest BCUT2D eigenvalue weighted by molar-refractivity contribution is 0.0660. The van der Waals surface area contributed by atoms with Crippen LogP contribution in [0.25, 0.3) is 0 Å². The van der Waals surface area contributed by atoms with Gasteiger partial charge in [-0.15, -0.1) is 0 Å². The molecule has 0 aliphatic carbocycles. The molecule has 2 rings (SSSR count). The highest BCUT2D eigenvalue weighted by Gasteiger charge is 2.25. The lowest BCUT2D eigenvalue weighted by Gasteiger charge is -2.35. The van der Waals surface area contributed by atoms with Gasteiger partial charge in [-0.2, -0.15) is 0 Å². The summed E-state index contributed by atoms with van der Waals surface area (Å²) in [5.74, 6) is 0.118. The maximum absolute atomic E-state index is 12.7. The molecular formula is C16H25N3O. The van der Waals surface area contributed by atoms with Gasteiger partial charge in [-0.05, 0) is 52.0 Å². The van der Waals surface area contributed by atoms with Crippen molar-refractivity contribution >= 4 is 11.6 Å². The summed E-state index contributed by atoms with van der Waals surface area (Å²) < 4.78 is 0. The number of aryl methyl sites for hydroxylation is 1. The minimum atomic E-state index is 0.118. The van der Waals surface area contributed by atoms with Crippen molar-refractivity contribution in [2.45, 2.75) is 25.8 Å². The third kappa shape index (κ3) is 3.12. The molecule has 1 aliphatic heterocycles. The number of nitrogens with zero attached hydrogens (tertiary/aromatic N) is 2. The van der Waals surface area contributed by atoms with E-state index in [4.69, 9.17) is 0 Å². The molecule has 1 aromatic carbocycles. The van der Waals surface area contributed by atoms with Crippen LogP contribution in [0.5, 0.6) is 0 Å². The Labute approximate surface area is 121 Å². The van der Waals surface area contributed by atoms with E-state index in [0.717, 1.165) is 42.7 Å². The highest BCUT2D eigenvalue weighted by Crippen LogP contribution is 2.22. The Kier molecular flexibility index (Phi) is 4.65. The van der Waals surface area contributed by atoms with Crippen LogP contribution in [0.15, 0.2) is 18.2 Å². The van der Waals surface area contributed by atoms with Gasteiger partial charge in [-0.25, -0.2) is 0 Å². The van der Waals surface area contributed by atoms with Crippen LogP contribution < -0.4 is 5.32 Å². The Hall–Kier alpha value is -1.55. The standard InChI is InChI=1S/C16H25N3O/c1-12-5-6-15(17-2)14(11-12)16(20)19(4)13-7-9-18(3)10-8-13/h5-6,11,13,17H,7-10H2,1-4H3. The van der Waals surface area contributed by atoms with Crippen LogP contribution in [0.1, 0.15) is 28.8 Å². The summed E-state index contributed by atoms with van der Waals surface area (Å²) >= 11 is 0. The van der Waals surface area contributed by atoms with E-state index >= 15 is 0 Å². The van der Waals surface area contributed by atoms with Gasteiger partial charge in [0.05, 0.1) is 5.56 Å². The fourth-order valence-electron chi connectivity index (χ4n) is 2.79. The molecule has 1 aliphatic rings. The van der Waals surface area contributed by atoms with Gasteiger partial charge >= 0.3 is 0 Å². The van der Waals surface area contributed by atoms with Gasteiger partial charge in [0.1, 0.15) is 0 Å². The maximum atomic E-state index is 12.7. The van der Waals surface area contributed by atoms with E-state index in [9.17, 15) is 4.79 Å². The number of benzene rings is 1. The number of hydrogen-bond donors (Lipinski definition) is 1. The first-order chi connectivity index (χ1) is 9.52. The van der Waals surface area contributed by atoms with Crippen molar-refractivity contribution in [2.75, 3.05) is 39.5 Å². The maximum Gasteiger partial charge on any atom is 0.255 e. The van der Waals surface area contributed by atoms with Crippen LogP contribution >= 0.6 is 0 Å². The van der Waals surface area contributed by atoms with Crippen molar-refractivity contribution < 1.29 is 4.79 Å². The number of hydrogen-bond acceptors (Lipinski definition) is 3. The molecule has 1 amide bonds. The van der Waals surface area contributed by atoms with Crippen molar-refractivity contribution in [1.29, 1.82) is 0 Å². The second kappa shape index (κ2) is 6.27. The summed E-state index contributed by atoms with van der Waals surface area (Å²) in [4.78, 5) is 17.0. The number of carbonyl (C=O) groups excluding carboxylic acids is 1. The summed E-state index contributed by atoms with van der Waals surface area (Å²) in [5, 5.41) is 3.11. The van der Waals surface area contributed by atoms with Crippen LogP contribution in [0, 0.1) is 6.92 Å². The fraction of sp³-hybridized carbons (Fsp3) is 0.562. The molecule has 0 spiro atoms. The first-order valence-corrected chi connectivity index (χ1v) is 7.27. The molecule has 0 bridgehead atoms. The van der Waals surface area contributed by atoms with Gasteiger partial charge in [0.2, 0.25) is 0 Å². The number of likely N-dealkylation sites (tertiary alicyclic amines) is 1. The molecule has 4 nitrogen and oxygen atoms in total. The summed E-state index contributed by atoms with van der Waals surface area (Å²) in [6.07, 6.45) is 2.11. The van der Waals surface area contributed by atoms with E-state index in [1.165, 1.54) is 0 Å². The smallest absolute Gasteiger partial charge is 0.255 e. The Bertz CT molecular complexity index is 479. The molecule has 0 aromatic heterocycles. The zero-order chi connectivity index (χ0) is 14.7. The molecule has 1 fully saturated rings. The van der Waals surface area contributed by atoms with Crippen molar-refractivity contribution in [3.63, 3.8) is 0 Å². The van der Waals surface area contributed by atoms with Crippen molar-refractivity contribution in [2.24, 2.45) is 0 Å². The van der Waals surface area contributed by atoms with Crippen LogP contribution in [-0.4, -0.2) is 56.0 Å². The molecule has 0 radical (unpaired) electrons. The Morgan fingerprint density at radius 2 is 2.00 bits per heavy atom. The minimum Gasteiger partial charge on any atom is -0.387 e. The van der Waals surface area contributed by atoms with Crippen molar-refractivity contribution in [3.8, 4) is 0 Å². The Balaban J connectivity index is 2.16. The van der Waals surface area contributed by atoms with Crippen LogP contribution in [0.2, 0.25) is 0 Å². The van der Waals surface area contributed by atoms with Gasteiger partial charge in [0, 0.05) is 25.8 Å². The van der Waals surface area contributed by atoms with Crippen molar-refractivity contribution in [1.82, 2.24) is 9.80 Å². The molecule has 0 saturated carbocycles. The van der Waals surface area contributed by atoms with Crippen molar-refractivity contribution in [3.05, 3.63) is 29.3 Å². The van der Waals surface area contributed by atoms with E-state index in [2.05, 4.69) is 17.3 Å². The zero-order valence-electron chi connectivity index (χ0n) is 12.9. The summed E-state index contributed by atoms with van der Waals surface area (Å²) in [6, 6.07) is 6.33. The number of nitrogens with one attached hydrogen (secondary N) is 1. The second-order valence-electron chi connectivity index (χ2n) is 5.75. The topological polar surface area (TPSA) is 35.6 Å². The summed E-state index contributed by atoms with van der Waals surface area (Å²) in [7, 11) is 5.93. The van der Waals surface area contributed by atoms with Crippen LogP contribution in [-0.2, 0) is 0 Å². The highest BCUT2D eigenvalue weighted by atomic mass is 16.2. The number of carbonyl (C=O) groups is 1. The van der Waals surface area contributed by atoms with Crippen LogP contribution in [0.4, 0.5) is 5.69 Å². The van der Waals surface area contributed by atoms with E-state index in [1.54, 1.807) is 0 Å². The monoisotopic (exact) mass is 275 g/mol. The summed E-state index contributed by atoms with van der Waals surface area (Å²) in [5.41, 5.74) is 2.79. The molecule has 4 heteroatoms. The Morgan fingerprint density at radius 1 is 1.35 bits per heavy atom. The SMILES string of the molecule is CNc1ccc(C)cc1C(=O)N(C)C1CCN(C)CC1. The average Bonchev–Trinajstić information content (AvgIpc) is 2.46. The van der Waals surface area contributed by atoms with E-state index < -0.39 is 0 Å². The zero-order valence-corrected chi connectivity index (χ0v) is 12.9. The first kappa shape index (κ1) is 14.9. The minimum absolute atomic E-state index is 0.118. The fourth-order valence-corrected chi connectivity index (χ4v) is 2.79. The van der Waals surface area contributed by atoms with Gasteiger partial charge in [0.15, 0.2) is 0 Å². The van der Waals surface area contributed by atoms with Gasteiger partial charge in [-0.1, -0.05) is 11.6 Å². The molecular weight excluding hydrogens is 250 g/mol. The third-order valence-electron chi connectivity index (χ3n) is 4.23. The predicted octanol–water partition coefficient (Wildman–Crippen LogP) is 2.20. The van der Waals surface area contributed by atoms with Gasteiger partial charge in [0.25, 0.3) is 5.91 Å². The molecule has 110 valence electrons. The Morgan fingerprint density at radius 3 is 2.60 bits per heavy atom. The lowest BCUT2D eigenvalue weighted by Crippen LogP contribution is -2.44. The molecule has 1 aromatic rings. The largest absolute Gasteiger partial charge is 0.387 e. The van der Waals surface area contributed by atoms with Crippen LogP contribution in [0.3, 0.4) is 0 Å². The highest BCUT2D eigenvalue weighted by molar-refractivity contribution is 5.99. The normalized spacial score (nSPS) is 17.0. The quantitative estimate of drug-likeness (QED) is 0.918. The van der Waals surface area contributed by atoms with E-state index in [1.807, 2.05) is 44.1 Å². The number of piperidine rings is 1. The molecule has 0 unspecified atom stereocenters. The average molecular weight is 275 g/mol. The summed E-state index contributed by atoms with van der Waals surface area (Å²) in [6.45, 7) is 4.15. The van der Waals surface area contributed by atoms with E-state index in [-0.39, 0.29) is 5.91 Å². The lowest BCUT2D eigenvalue weighted by atomic mass is 10.0. The molecule has 1 saturated heterocycles. The third-order valence-corrected chi connectivity index (χ3v) is 4.23. The van der Waals surface area contributed by atoms with Gasteiger partial charge < -0.3 is 15.1 Å². The molecule has 0 atom stereocenters.